The molecule has 0 unspecified atom stereocenters. The third-order valence-electron chi connectivity index (χ3n) is 6.08. The number of methoxy groups -OCH3 is 1. The zero-order valence-corrected chi connectivity index (χ0v) is 20.4. The lowest BCUT2D eigenvalue weighted by Gasteiger charge is -2.41. The van der Waals surface area contributed by atoms with Gasteiger partial charge in [0.15, 0.2) is 6.10 Å². The summed E-state index contributed by atoms with van der Waals surface area (Å²) in [6.07, 6.45) is 2.82. The molecule has 3 rings (SSSR count). The Morgan fingerprint density at radius 1 is 1.16 bits per heavy atom. The highest BCUT2D eigenvalue weighted by atomic mass is 16.5. The molecule has 32 heavy (non-hydrogen) atoms. The predicted molar refractivity (Wildman–Crippen MR) is 127 cm³/mol. The number of piperidine rings is 1. The van der Waals surface area contributed by atoms with Gasteiger partial charge in [0.2, 0.25) is 0 Å². The van der Waals surface area contributed by atoms with Crippen molar-refractivity contribution in [2.75, 3.05) is 25.1 Å². The van der Waals surface area contributed by atoms with Gasteiger partial charge < -0.3 is 19.5 Å². The molecule has 6 nitrogen and oxygen atoms in total. The number of carboxylic acid groups (broad SMARTS) is 1. The standard InChI is InChI=1S/C26H36N2O4/c1-17-21(23(24(29)30)32-25(2,3)4)22(28-14-12-26(5,6)13-15-28)20(16-27-17)18-8-10-19(31-7)11-9-18/h8-11,16,23H,12-15H2,1-7H3,(H,29,30)/t23-/m0/s1. The average molecular weight is 441 g/mol. The van der Waals surface area contributed by atoms with Crippen LogP contribution >= 0.6 is 0 Å². The summed E-state index contributed by atoms with van der Waals surface area (Å²) in [4.78, 5) is 19.3. The van der Waals surface area contributed by atoms with Crippen LogP contribution < -0.4 is 9.64 Å². The summed E-state index contributed by atoms with van der Waals surface area (Å²) in [5.41, 5.74) is 3.77. The van der Waals surface area contributed by atoms with E-state index in [0.29, 0.717) is 11.3 Å². The molecule has 1 atom stereocenters. The summed E-state index contributed by atoms with van der Waals surface area (Å²) < 4.78 is 11.4. The number of rotatable bonds is 6. The molecule has 1 aliphatic heterocycles. The number of aromatic nitrogens is 1. The maximum absolute atomic E-state index is 12.4. The van der Waals surface area contributed by atoms with Crippen LogP contribution in [0.5, 0.6) is 5.75 Å². The largest absolute Gasteiger partial charge is 0.497 e. The number of ether oxygens (including phenoxy) is 2. The molecule has 0 spiro atoms. The Labute approximate surface area is 191 Å². The van der Waals surface area contributed by atoms with Gasteiger partial charge in [0.1, 0.15) is 5.75 Å². The van der Waals surface area contributed by atoms with E-state index in [1.807, 2.05) is 58.2 Å². The van der Waals surface area contributed by atoms with Crippen molar-refractivity contribution in [3.63, 3.8) is 0 Å². The highest BCUT2D eigenvalue weighted by molar-refractivity contribution is 5.86. The van der Waals surface area contributed by atoms with E-state index < -0.39 is 17.7 Å². The zero-order valence-electron chi connectivity index (χ0n) is 20.4. The van der Waals surface area contributed by atoms with E-state index in [4.69, 9.17) is 9.47 Å². The third-order valence-corrected chi connectivity index (χ3v) is 6.08. The second-order valence-corrected chi connectivity index (χ2v) is 10.3. The van der Waals surface area contributed by atoms with Gasteiger partial charge in [-0.05, 0) is 63.6 Å². The molecule has 1 saturated heterocycles. The van der Waals surface area contributed by atoms with Crippen LogP contribution in [-0.2, 0) is 9.53 Å². The van der Waals surface area contributed by atoms with Gasteiger partial charge in [-0.2, -0.15) is 0 Å². The number of hydrogen-bond donors (Lipinski definition) is 1. The molecule has 0 bridgehead atoms. The Morgan fingerprint density at radius 3 is 2.25 bits per heavy atom. The molecule has 0 saturated carbocycles. The van der Waals surface area contributed by atoms with Gasteiger partial charge in [-0.25, -0.2) is 4.79 Å². The highest BCUT2D eigenvalue weighted by Gasteiger charge is 2.35. The second-order valence-electron chi connectivity index (χ2n) is 10.3. The van der Waals surface area contributed by atoms with Gasteiger partial charge in [0.25, 0.3) is 0 Å². The van der Waals surface area contributed by atoms with E-state index in [9.17, 15) is 9.90 Å². The minimum absolute atomic E-state index is 0.271. The second kappa shape index (κ2) is 9.10. The van der Waals surface area contributed by atoms with E-state index in [2.05, 4.69) is 23.7 Å². The molecule has 2 aromatic rings. The van der Waals surface area contributed by atoms with Crippen molar-refractivity contribution < 1.29 is 19.4 Å². The Balaban J connectivity index is 2.21. The van der Waals surface area contributed by atoms with Crippen LogP contribution in [0.3, 0.4) is 0 Å². The van der Waals surface area contributed by atoms with Crippen molar-refractivity contribution in [3.05, 3.63) is 41.7 Å². The first-order chi connectivity index (χ1) is 14.9. The first kappa shape index (κ1) is 24.1. The van der Waals surface area contributed by atoms with Crippen LogP contribution in [0.2, 0.25) is 0 Å². The van der Waals surface area contributed by atoms with Crippen molar-refractivity contribution in [2.45, 2.75) is 66.1 Å². The molecule has 0 radical (unpaired) electrons. The molecule has 0 amide bonds. The summed E-state index contributed by atoms with van der Waals surface area (Å²) in [6, 6.07) is 7.82. The van der Waals surface area contributed by atoms with Gasteiger partial charge in [0, 0.05) is 36.1 Å². The lowest BCUT2D eigenvalue weighted by molar-refractivity contribution is -0.160. The third kappa shape index (κ3) is 5.41. The van der Waals surface area contributed by atoms with Gasteiger partial charge in [-0.3, -0.25) is 4.98 Å². The van der Waals surface area contributed by atoms with E-state index in [1.54, 1.807) is 7.11 Å². The lowest BCUT2D eigenvalue weighted by atomic mass is 9.82. The summed E-state index contributed by atoms with van der Waals surface area (Å²) in [7, 11) is 1.64. The summed E-state index contributed by atoms with van der Waals surface area (Å²) in [6.45, 7) is 13.8. The van der Waals surface area contributed by atoms with E-state index in [-0.39, 0.29) is 5.41 Å². The van der Waals surface area contributed by atoms with Crippen LogP contribution in [0, 0.1) is 12.3 Å². The molecule has 1 aromatic heterocycles. The molecule has 6 heteroatoms. The maximum atomic E-state index is 12.4. The molecule has 174 valence electrons. The van der Waals surface area contributed by atoms with Crippen molar-refractivity contribution in [2.24, 2.45) is 5.41 Å². The Bertz CT molecular complexity index is 951. The van der Waals surface area contributed by atoms with Gasteiger partial charge in [0.05, 0.1) is 18.4 Å². The van der Waals surface area contributed by atoms with Crippen molar-refractivity contribution in [1.29, 1.82) is 0 Å². The first-order valence-electron chi connectivity index (χ1n) is 11.2. The Hall–Kier alpha value is -2.60. The van der Waals surface area contributed by atoms with E-state index in [0.717, 1.165) is 48.5 Å². The fourth-order valence-electron chi connectivity index (χ4n) is 4.17. The number of carbonyl (C=O) groups is 1. The lowest BCUT2D eigenvalue weighted by Crippen LogP contribution is -2.39. The summed E-state index contributed by atoms with van der Waals surface area (Å²) in [5.74, 6) is -0.231. The number of pyridine rings is 1. The number of hydrogen-bond acceptors (Lipinski definition) is 5. The maximum Gasteiger partial charge on any atom is 0.337 e. The normalized spacial score (nSPS) is 17.2. The van der Waals surface area contributed by atoms with Gasteiger partial charge in [-0.15, -0.1) is 0 Å². The smallest absolute Gasteiger partial charge is 0.337 e. The van der Waals surface area contributed by atoms with Crippen LogP contribution in [0.4, 0.5) is 5.69 Å². The number of aryl methyl sites for hydroxylation is 1. The number of nitrogens with zero attached hydrogens (tertiary/aromatic N) is 2. The van der Waals surface area contributed by atoms with Crippen molar-refractivity contribution >= 4 is 11.7 Å². The molecule has 1 aliphatic rings. The van der Waals surface area contributed by atoms with Gasteiger partial charge >= 0.3 is 5.97 Å². The predicted octanol–water partition coefficient (Wildman–Crippen LogP) is 5.63. The topological polar surface area (TPSA) is 71.9 Å². The zero-order chi connectivity index (χ0) is 23.7. The Morgan fingerprint density at radius 2 is 1.75 bits per heavy atom. The monoisotopic (exact) mass is 440 g/mol. The fraction of sp³-hybridized carbons (Fsp3) is 0.538. The van der Waals surface area contributed by atoms with E-state index >= 15 is 0 Å². The average Bonchev–Trinajstić information content (AvgIpc) is 2.71. The molecule has 2 heterocycles. The molecular weight excluding hydrogens is 404 g/mol. The van der Waals surface area contributed by atoms with Crippen LogP contribution in [0.1, 0.15) is 64.8 Å². The quantitative estimate of drug-likeness (QED) is 0.627. The summed E-state index contributed by atoms with van der Waals surface area (Å²) in [5, 5.41) is 10.2. The van der Waals surface area contributed by atoms with Gasteiger partial charge in [-0.1, -0.05) is 26.0 Å². The molecule has 0 aliphatic carbocycles. The van der Waals surface area contributed by atoms with Crippen LogP contribution in [0.15, 0.2) is 30.5 Å². The molecule has 1 aromatic carbocycles. The SMILES string of the molecule is COc1ccc(-c2cnc(C)c([C@H](OC(C)(C)C)C(=O)O)c2N2CCC(C)(C)CC2)cc1. The Kier molecular flexibility index (Phi) is 6.84. The minimum atomic E-state index is -1.11. The summed E-state index contributed by atoms with van der Waals surface area (Å²) >= 11 is 0. The molecule has 1 N–H and O–H groups in total. The van der Waals surface area contributed by atoms with Crippen molar-refractivity contribution in [3.8, 4) is 16.9 Å². The number of carboxylic acids is 1. The highest BCUT2D eigenvalue weighted by Crippen LogP contribution is 2.43. The van der Waals surface area contributed by atoms with Crippen LogP contribution in [-0.4, -0.2) is 41.9 Å². The van der Waals surface area contributed by atoms with Crippen LogP contribution in [0.25, 0.3) is 11.1 Å². The fourth-order valence-corrected chi connectivity index (χ4v) is 4.17. The number of anilines is 1. The van der Waals surface area contributed by atoms with Crippen molar-refractivity contribution in [1.82, 2.24) is 4.98 Å². The molecule has 1 fully saturated rings. The van der Waals surface area contributed by atoms with E-state index in [1.165, 1.54) is 0 Å². The first-order valence-corrected chi connectivity index (χ1v) is 11.2. The number of aliphatic carboxylic acids is 1. The molecular formula is C26H36N2O4. The minimum Gasteiger partial charge on any atom is -0.497 e. The number of benzene rings is 1.